The number of carbonyl (C=O) groups is 2. The number of methoxy groups -OCH3 is 2. The Hall–Kier alpha value is -3.33. The number of aromatic nitrogens is 1. The Morgan fingerprint density at radius 1 is 1.06 bits per heavy atom. The molecule has 0 saturated carbocycles. The van der Waals surface area contributed by atoms with Crippen LogP contribution in [0.2, 0.25) is 0 Å². The highest BCUT2D eigenvalue weighted by Crippen LogP contribution is 2.28. The van der Waals surface area contributed by atoms with Gasteiger partial charge in [0.2, 0.25) is 10.0 Å². The monoisotopic (exact) mass is 444 g/mol. The largest absolute Gasteiger partial charge is 0.497 e. The smallest absolute Gasteiger partial charge is 0.340 e. The molecule has 0 aliphatic rings. The van der Waals surface area contributed by atoms with E-state index in [1.807, 2.05) is 0 Å². The summed E-state index contributed by atoms with van der Waals surface area (Å²) in [5.74, 6) is -0.489. The van der Waals surface area contributed by atoms with Gasteiger partial charge in [-0.3, -0.25) is 13.7 Å². The van der Waals surface area contributed by atoms with Crippen LogP contribution in [-0.4, -0.2) is 51.4 Å². The van der Waals surface area contributed by atoms with Gasteiger partial charge in [-0.2, -0.15) is 0 Å². The van der Waals surface area contributed by atoms with E-state index >= 15 is 0 Å². The van der Waals surface area contributed by atoms with E-state index in [2.05, 4.69) is 0 Å². The minimum absolute atomic E-state index is 0.220. The van der Waals surface area contributed by atoms with Crippen molar-refractivity contribution in [3.05, 3.63) is 60.3 Å². The number of rotatable bonds is 7. The van der Waals surface area contributed by atoms with Crippen molar-refractivity contribution in [1.82, 2.24) is 4.57 Å². The third kappa shape index (κ3) is 4.27. The Labute approximate surface area is 181 Å². The van der Waals surface area contributed by atoms with Crippen LogP contribution in [0.1, 0.15) is 28.5 Å². The quantitative estimate of drug-likeness (QED) is 0.519. The average molecular weight is 445 g/mol. The normalized spacial score (nSPS) is 12.4. The maximum Gasteiger partial charge on any atom is 0.340 e. The molecule has 0 spiro atoms. The van der Waals surface area contributed by atoms with Gasteiger partial charge in [0.1, 0.15) is 11.8 Å². The summed E-state index contributed by atoms with van der Waals surface area (Å²) in [7, 11) is -1.03. The van der Waals surface area contributed by atoms with Crippen LogP contribution in [0.25, 0.3) is 10.9 Å². The van der Waals surface area contributed by atoms with Gasteiger partial charge in [-0.1, -0.05) is 25.1 Å². The Kier molecular flexibility index (Phi) is 6.35. The molecule has 0 bridgehead atoms. The molecular weight excluding hydrogens is 420 g/mol. The highest BCUT2D eigenvalue weighted by Gasteiger charge is 2.33. The standard InChI is InChI=1S/C22H24N2O6S/c1-5-19(24(31(4,27)28)15-10-12-16(29-2)13-11-15)21(25)23-14-18(22(26)30-3)17-8-6-7-9-20(17)23/h6-14,19H,5H2,1-4H3/t19-/m0/s1. The summed E-state index contributed by atoms with van der Waals surface area (Å²) in [6, 6.07) is 12.3. The fraction of sp³-hybridized carbons (Fsp3) is 0.273. The summed E-state index contributed by atoms with van der Waals surface area (Å²) in [5.41, 5.74) is 1.07. The molecule has 1 aromatic heterocycles. The lowest BCUT2D eigenvalue weighted by molar-refractivity contribution is 0.0603. The molecule has 0 saturated heterocycles. The first-order valence-electron chi connectivity index (χ1n) is 9.59. The lowest BCUT2D eigenvalue weighted by Gasteiger charge is -2.30. The van der Waals surface area contributed by atoms with Gasteiger partial charge in [-0.05, 0) is 36.8 Å². The Morgan fingerprint density at radius 3 is 2.26 bits per heavy atom. The zero-order valence-corrected chi connectivity index (χ0v) is 18.5. The second-order valence-corrected chi connectivity index (χ2v) is 8.80. The number of para-hydroxylation sites is 1. The van der Waals surface area contributed by atoms with Gasteiger partial charge in [-0.15, -0.1) is 0 Å². The summed E-state index contributed by atoms with van der Waals surface area (Å²) >= 11 is 0. The van der Waals surface area contributed by atoms with Gasteiger partial charge in [0.25, 0.3) is 5.91 Å². The van der Waals surface area contributed by atoms with Crippen molar-refractivity contribution < 1.29 is 27.5 Å². The highest BCUT2D eigenvalue weighted by atomic mass is 32.2. The third-order valence-electron chi connectivity index (χ3n) is 4.99. The zero-order chi connectivity index (χ0) is 22.8. The minimum atomic E-state index is -3.80. The van der Waals surface area contributed by atoms with E-state index in [1.165, 1.54) is 25.0 Å². The first kappa shape index (κ1) is 22.4. The second-order valence-electron chi connectivity index (χ2n) is 6.94. The maximum absolute atomic E-state index is 13.6. The molecule has 1 atom stereocenters. The van der Waals surface area contributed by atoms with Crippen LogP contribution >= 0.6 is 0 Å². The summed E-state index contributed by atoms with van der Waals surface area (Å²) in [5, 5.41) is 0.549. The molecule has 9 heteroatoms. The molecule has 0 fully saturated rings. The number of fused-ring (bicyclic) bond motifs is 1. The summed E-state index contributed by atoms with van der Waals surface area (Å²) < 4.78 is 37.8. The molecule has 31 heavy (non-hydrogen) atoms. The van der Waals surface area contributed by atoms with Gasteiger partial charge in [0.05, 0.1) is 37.2 Å². The molecule has 1 heterocycles. The zero-order valence-electron chi connectivity index (χ0n) is 17.7. The molecule has 0 N–H and O–H groups in total. The van der Waals surface area contributed by atoms with Crippen molar-refractivity contribution in [2.24, 2.45) is 0 Å². The number of benzene rings is 2. The highest BCUT2D eigenvalue weighted by molar-refractivity contribution is 7.92. The Bertz CT molecular complexity index is 1210. The van der Waals surface area contributed by atoms with E-state index in [4.69, 9.17) is 9.47 Å². The van der Waals surface area contributed by atoms with E-state index in [0.717, 1.165) is 10.6 Å². The number of ether oxygens (including phenoxy) is 2. The number of anilines is 1. The molecule has 0 aliphatic carbocycles. The molecule has 0 radical (unpaired) electrons. The van der Waals surface area contributed by atoms with Crippen molar-refractivity contribution in [1.29, 1.82) is 0 Å². The number of esters is 1. The molecule has 8 nitrogen and oxygen atoms in total. The van der Waals surface area contributed by atoms with E-state index in [9.17, 15) is 18.0 Å². The molecule has 3 rings (SSSR count). The van der Waals surface area contributed by atoms with Crippen molar-refractivity contribution in [3.63, 3.8) is 0 Å². The summed E-state index contributed by atoms with van der Waals surface area (Å²) in [6.07, 6.45) is 2.68. The van der Waals surface area contributed by atoms with Crippen molar-refractivity contribution >= 4 is 38.5 Å². The first-order valence-corrected chi connectivity index (χ1v) is 11.4. The topological polar surface area (TPSA) is 94.9 Å². The molecule has 3 aromatic rings. The van der Waals surface area contributed by atoms with Crippen molar-refractivity contribution in [2.75, 3.05) is 24.8 Å². The van der Waals surface area contributed by atoms with Crippen LogP contribution in [-0.2, 0) is 14.8 Å². The fourth-order valence-electron chi connectivity index (χ4n) is 3.57. The molecular formula is C22H24N2O6S. The number of hydrogen-bond acceptors (Lipinski definition) is 6. The predicted molar refractivity (Wildman–Crippen MR) is 118 cm³/mol. The predicted octanol–water partition coefficient (Wildman–Crippen LogP) is 3.32. The fourth-order valence-corrected chi connectivity index (χ4v) is 4.77. The van der Waals surface area contributed by atoms with Crippen molar-refractivity contribution in [3.8, 4) is 5.75 Å². The van der Waals surface area contributed by atoms with Gasteiger partial charge in [0, 0.05) is 11.6 Å². The molecule has 0 aliphatic heterocycles. The van der Waals surface area contributed by atoms with Gasteiger partial charge < -0.3 is 9.47 Å². The number of nitrogens with zero attached hydrogens (tertiary/aromatic N) is 2. The maximum atomic E-state index is 13.6. The molecule has 0 amide bonds. The van der Waals surface area contributed by atoms with Crippen LogP contribution in [0.15, 0.2) is 54.7 Å². The lowest BCUT2D eigenvalue weighted by Crippen LogP contribution is -2.46. The van der Waals surface area contributed by atoms with E-state index in [0.29, 0.717) is 22.3 Å². The van der Waals surface area contributed by atoms with Gasteiger partial charge >= 0.3 is 5.97 Å². The minimum Gasteiger partial charge on any atom is -0.497 e. The molecule has 2 aromatic carbocycles. The van der Waals surface area contributed by atoms with Crippen LogP contribution in [0.3, 0.4) is 0 Å². The average Bonchev–Trinajstić information content (AvgIpc) is 3.15. The van der Waals surface area contributed by atoms with E-state index < -0.39 is 27.9 Å². The molecule has 0 unspecified atom stereocenters. The Balaban J connectivity index is 2.14. The van der Waals surface area contributed by atoms with Crippen LogP contribution in [0.4, 0.5) is 5.69 Å². The Morgan fingerprint density at radius 2 is 1.71 bits per heavy atom. The van der Waals surface area contributed by atoms with Crippen molar-refractivity contribution in [2.45, 2.75) is 19.4 Å². The van der Waals surface area contributed by atoms with E-state index in [1.54, 1.807) is 55.5 Å². The number of hydrogen-bond donors (Lipinski definition) is 0. The second kappa shape index (κ2) is 8.81. The molecule has 164 valence electrons. The van der Waals surface area contributed by atoms with Crippen LogP contribution in [0.5, 0.6) is 5.75 Å². The van der Waals surface area contributed by atoms with Crippen LogP contribution in [0, 0.1) is 0 Å². The lowest BCUT2D eigenvalue weighted by atomic mass is 10.1. The summed E-state index contributed by atoms with van der Waals surface area (Å²) in [6.45, 7) is 1.73. The summed E-state index contributed by atoms with van der Waals surface area (Å²) in [4.78, 5) is 25.8. The van der Waals surface area contributed by atoms with Gasteiger partial charge in [-0.25, -0.2) is 13.2 Å². The first-order chi connectivity index (χ1) is 14.7. The van der Waals surface area contributed by atoms with E-state index in [-0.39, 0.29) is 12.0 Å². The number of sulfonamides is 1. The van der Waals surface area contributed by atoms with Gasteiger partial charge in [0.15, 0.2) is 0 Å². The van der Waals surface area contributed by atoms with Crippen LogP contribution < -0.4 is 9.04 Å². The third-order valence-corrected chi connectivity index (χ3v) is 6.17. The number of carbonyl (C=O) groups excluding carboxylic acids is 2. The SMILES string of the molecule is CC[C@@H](C(=O)n1cc(C(=O)OC)c2ccccc21)N(c1ccc(OC)cc1)S(C)(=O)=O.